The third-order valence-corrected chi connectivity index (χ3v) is 3.59. The van der Waals surface area contributed by atoms with E-state index in [0.29, 0.717) is 17.9 Å². The molecule has 0 aliphatic carbocycles. The summed E-state index contributed by atoms with van der Waals surface area (Å²) in [5.41, 5.74) is 3.07. The van der Waals surface area contributed by atoms with Gasteiger partial charge in [-0.2, -0.15) is 0 Å². The highest BCUT2D eigenvalue weighted by Crippen LogP contribution is 2.33. The highest BCUT2D eigenvalue weighted by Gasteiger charge is 2.33. The summed E-state index contributed by atoms with van der Waals surface area (Å²) in [6.45, 7) is 11.6. The fraction of sp³-hybridized carbons (Fsp3) is 0.923. The van der Waals surface area contributed by atoms with E-state index in [1.54, 1.807) is 7.11 Å². The van der Waals surface area contributed by atoms with Crippen LogP contribution in [0.25, 0.3) is 0 Å². The number of methoxy groups -OCH3 is 1. The molecule has 1 rings (SSSR count). The number of nitrogens with one attached hydrogen (secondary N) is 1. The van der Waals surface area contributed by atoms with Crippen LogP contribution < -0.4 is 11.3 Å². The molecule has 0 saturated carbocycles. The number of hydrazine groups is 1. The van der Waals surface area contributed by atoms with Crippen LogP contribution in [0.3, 0.4) is 0 Å². The van der Waals surface area contributed by atoms with Gasteiger partial charge in [-0.1, -0.05) is 20.8 Å². The maximum absolute atomic E-state index is 5.59. The summed E-state index contributed by atoms with van der Waals surface area (Å²) in [7, 11) is 1.69. The van der Waals surface area contributed by atoms with E-state index in [2.05, 4.69) is 36.1 Å². The number of guanidine groups is 1. The predicted molar refractivity (Wildman–Crippen MR) is 75.2 cm³/mol. The number of ether oxygens (including phenoxy) is 1. The van der Waals surface area contributed by atoms with Crippen molar-refractivity contribution in [3.05, 3.63) is 0 Å². The smallest absolute Gasteiger partial charge is 0.208 e. The first kappa shape index (κ1) is 15.2. The Balaban J connectivity index is 2.63. The second-order valence-corrected chi connectivity index (χ2v) is 6.20. The summed E-state index contributed by atoms with van der Waals surface area (Å²) < 4.78 is 5.09. The lowest BCUT2D eigenvalue weighted by molar-refractivity contribution is 0.185. The summed E-state index contributed by atoms with van der Waals surface area (Å²) in [5.74, 6) is 7.06. The molecule has 3 N–H and O–H groups in total. The van der Waals surface area contributed by atoms with Gasteiger partial charge in [-0.05, 0) is 24.7 Å². The summed E-state index contributed by atoms with van der Waals surface area (Å²) in [6, 6.07) is 0.120. The van der Waals surface area contributed by atoms with Crippen LogP contribution in [0, 0.1) is 11.3 Å². The molecule has 5 nitrogen and oxygen atoms in total. The van der Waals surface area contributed by atoms with Gasteiger partial charge in [0.1, 0.15) is 0 Å². The highest BCUT2D eigenvalue weighted by atomic mass is 16.5. The van der Waals surface area contributed by atoms with Crippen molar-refractivity contribution in [1.82, 2.24) is 10.3 Å². The molecular formula is C13H28N4O. The summed E-state index contributed by atoms with van der Waals surface area (Å²) in [6.07, 6.45) is 1.20. The van der Waals surface area contributed by atoms with E-state index in [9.17, 15) is 0 Å². The van der Waals surface area contributed by atoms with Gasteiger partial charge in [0, 0.05) is 20.2 Å². The van der Waals surface area contributed by atoms with Gasteiger partial charge in [-0.15, -0.1) is 0 Å². The number of nitrogens with zero attached hydrogens (tertiary/aromatic N) is 2. The SMILES string of the molecule is COCC(C)N=C(NN)N1CCC(C(C)(C)C)C1. The molecule has 1 saturated heterocycles. The fourth-order valence-electron chi connectivity index (χ4n) is 2.36. The minimum Gasteiger partial charge on any atom is -0.382 e. The molecule has 0 aromatic carbocycles. The first-order valence-corrected chi connectivity index (χ1v) is 6.66. The zero-order valence-corrected chi connectivity index (χ0v) is 12.4. The van der Waals surface area contributed by atoms with E-state index in [4.69, 9.17) is 10.6 Å². The van der Waals surface area contributed by atoms with E-state index >= 15 is 0 Å². The molecule has 0 aromatic heterocycles. The van der Waals surface area contributed by atoms with Crippen molar-refractivity contribution in [2.24, 2.45) is 22.2 Å². The van der Waals surface area contributed by atoms with E-state index in [0.717, 1.165) is 19.0 Å². The predicted octanol–water partition coefficient (Wildman–Crippen LogP) is 1.21. The normalized spacial score (nSPS) is 23.3. The van der Waals surface area contributed by atoms with Crippen molar-refractivity contribution in [3.63, 3.8) is 0 Å². The van der Waals surface area contributed by atoms with Crippen molar-refractivity contribution in [2.75, 3.05) is 26.8 Å². The molecule has 1 aliphatic heterocycles. The molecule has 1 aliphatic rings. The maximum Gasteiger partial charge on any atom is 0.208 e. The monoisotopic (exact) mass is 256 g/mol. The van der Waals surface area contributed by atoms with Gasteiger partial charge in [-0.25, -0.2) is 10.8 Å². The molecule has 0 bridgehead atoms. The van der Waals surface area contributed by atoms with Crippen molar-refractivity contribution >= 4 is 5.96 Å². The molecule has 5 heteroatoms. The van der Waals surface area contributed by atoms with Crippen molar-refractivity contribution < 1.29 is 4.74 Å². The minimum absolute atomic E-state index is 0.120. The van der Waals surface area contributed by atoms with Crippen LogP contribution in [0.4, 0.5) is 0 Å². The van der Waals surface area contributed by atoms with Crippen LogP contribution in [0.15, 0.2) is 4.99 Å². The van der Waals surface area contributed by atoms with Gasteiger partial charge in [0.15, 0.2) is 0 Å². The largest absolute Gasteiger partial charge is 0.382 e. The average Bonchev–Trinajstić information content (AvgIpc) is 2.75. The van der Waals surface area contributed by atoms with Crippen LogP contribution >= 0.6 is 0 Å². The van der Waals surface area contributed by atoms with E-state index in [-0.39, 0.29) is 6.04 Å². The Hall–Kier alpha value is -0.810. The molecule has 2 unspecified atom stereocenters. The molecule has 106 valence electrons. The Morgan fingerprint density at radius 3 is 2.67 bits per heavy atom. The van der Waals surface area contributed by atoms with Crippen LogP contribution in [0.5, 0.6) is 0 Å². The number of aliphatic imine (C=N–C) groups is 1. The number of hydrogen-bond acceptors (Lipinski definition) is 3. The molecule has 1 fully saturated rings. The molecular weight excluding hydrogens is 228 g/mol. The number of rotatable bonds is 3. The second kappa shape index (κ2) is 6.38. The Kier molecular flexibility index (Phi) is 5.41. The molecule has 0 amide bonds. The van der Waals surface area contributed by atoms with Gasteiger partial charge in [0.2, 0.25) is 5.96 Å². The second-order valence-electron chi connectivity index (χ2n) is 6.20. The van der Waals surface area contributed by atoms with Gasteiger partial charge in [0.05, 0.1) is 12.6 Å². The third kappa shape index (κ3) is 4.14. The molecule has 2 atom stereocenters. The van der Waals surface area contributed by atoms with Crippen LogP contribution in [0.1, 0.15) is 34.1 Å². The molecule has 1 heterocycles. The zero-order valence-electron chi connectivity index (χ0n) is 12.4. The lowest BCUT2D eigenvalue weighted by Gasteiger charge is -2.28. The summed E-state index contributed by atoms with van der Waals surface area (Å²) >= 11 is 0. The van der Waals surface area contributed by atoms with E-state index in [1.165, 1.54) is 6.42 Å². The molecule has 18 heavy (non-hydrogen) atoms. The van der Waals surface area contributed by atoms with Gasteiger partial charge < -0.3 is 9.64 Å². The quantitative estimate of drug-likeness (QED) is 0.345. The average molecular weight is 256 g/mol. The fourth-order valence-corrected chi connectivity index (χ4v) is 2.36. The lowest BCUT2D eigenvalue weighted by Crippen LogP contribution is -2.45. The first-order chi connectivity index (χ1) is 8.38. The summed E-state index contributed by atoms with van der Waals surface area (Å²) in [4.78, 5) is 6.80. The third-order valence-electron chi connectivity index (χ3n) is 3.59. The van der Waals surface area contributed by atoms with Gasteiger partial charge >= 0.3 is 0 Å². The van der Waals surface area contributed by atoms with Crippen LogP contribution in [-0.4, -0.2) is 43.7 Å². The first-order valence-electron chi connectivity index (χ1n) is 6.66. The minimum atomic E-state index is 0.120. The van der Waals surface area contributed by atoms with Crippen molar-refractivity contribution in [3.8, 4) is 0 Å². The number of likely N-dealkylation sites (tertiary alicyclic amines) is 1. The van der Waals surface area contributed by atoms with Crippen LogP contribution in [0.2, 0.25) is 0 Å². The lowest BCUT2D eigenvalue weighted by atomic mass is 9.80. The Labute approximate surface area is 111 Å². The van der Waals surface area contributed by atoms with E-state index in [1.807, 2.05) is 6.92 Å². The van der Waals surface area contributed by atoms with Crippen molar-refractivity contribution in [2.45, 2.75) is 40.2 Å². The number of hydrogen-bond donors (Lipinski definition) is 2. The topological polar surface area (TPSA) is 62.9 Å². The molecule has 0 spiro atoms. The molecule has 0 aromatic rings. The van der Waals surface area contributed by atoms with E-state index < -0.39 is 0 Å². The summed E-state index contributed by atoms with van der Waals surface area (Å²) in [5, 5.41) is 0. The van der Waals surface area contributed by atoms with Gasteiger partial charge in [-0.3, -0.25) is 5.43 Å². The van der Waals surface area contributed by atoms with Crippen LogP contribution in [-0.2, 0) is 4.74 Å². The standard InChI is InChI=1S/C13H28N4O/c1-10(9-18-5)15-12(16-14)17-7-6-11(8-17)13(2,3)4/h10-11H,6-9,14H2,1-5H3,(H,15,16). The van der Waals surface area contributed by atoms with Gasteiger partial charge in [0.25, 0.3) is 0 Å². The Morgan fingerprint density at radius 2 is 2.22 bits per heavy atom. The highest BCUT2D eigenvalue weighted by molar-refractivity contribution is 5.79. The number of nitrogens with two attached hydrogens (primary N) is 1. The Bertz CT molecular complexity index is 285. The zero-order chi connectivity index (χ0) is 13.8. The Morgan fingerprint density at radius 1 is 1.56 bits per heavy atom. The molecule has 0 radical (unpaired) electrons. The van der Waals surface area contributed by atoms with Crippen molar-refractivity contribution in [1.29, 1.82) is 0 Å². The maximum atomic E-state index is 5.59.